The molecule has 2 aromatic rings. The molecule has 0 atom stereocenters. The van der Waals surface area contributed by atoms with E-state index in [1.165, 1.54) is 4.31 Å². The number of rotatable bonds is 7. The van der Waals surface area contributed by atoms with E-state index in [1.54, 1.807) is 61.7 Å². The second-order valence-electron chi connectivity index (χ2n) is 4.78. The Morgan fingerprint density at radius 1 is 1.17 bits per heavy atom. The van der Waals surface area contributed by atoms with Gasteiger partial charge in [0.05, 0.1) is 12.8 Å². The zero-order chi connectivity index (χ0) is 16.9. The van der Waals surface area contributed by atoms with Crippen LogP contribution in [0.2, 0.25) is 0 Å². The summed E-state index contributed by atoms with van der Waals surface area (Å²) < 4.78 is 33.1. The van der Waals surface area contributed by atoms with Crippen molar-refractivity contribution in [3.05, 3.63) is 65.7 Å². The van der Waals surface area contributed by atoms with Gasteiger partial charge in [-0.05, 0) is 58.7 Å². The molecule has 2 aromatic carbocycles. The molecule has 0 saturated heterocycles. The topological polar surface area (TPSA) is 46.6 Å². The lowest BCUT2D eigenvalue weighted by atomic mass is 10.3. The normalized spacial score (nSPS) is 11.0. The first-order chi connectivity index (χ1) is 11.0. The van der Waals surface area contributed by atoms with Crippen LogP contribution in [0.5, 0.6) is 5.75 Å². The van der Waals surface area contributed by atoms with E-state index in [4.69, 9.17) is 4.74 Å². The molecule has 6 heteroatoms. The molecule has 0 radical (unpaired) electrons. The highest BCUT2D eigenvalue weighted by atomic mass is 79.9. The van der Waals surface area contributed by atoms with Gasteiger partial charge in [-0.1, -0.05) is 18.2 Å². The fourth-order valence-electron chi connectivity index (χ4n) is 2.12. The smallest absolute Gasteiger partial charge is 0.265 e. The molecule has 0 aliphatic heterocycles. The van der Waals surface area contributed by atoms with Crippen LogP contribution >= 0.6 is 15.9 Å². The molecule has 0 N–H and O–H groups in total. The van der Waals surface area contributed by atoms with Crippen molar-refractivity contribution in [2.24, 2.45) is 0 Å². The summed E-state index contributed by atoms with van der Waals surface area (Å²) in [5, 5.41) is 0. The maximum absolute atomic E-state index is 13.0. The molecule has 23 heavy (non-hydrogen) atoms. The first-order valence-electron chi connectivity index (χ1n) is 7.03. The predicted molar refractivity (Wildman–Crippen MR) is 96.5 cm³/mol. The quantitative estimate of drug-likeness (QED) is 0.658. The summed E-state index contributed by atoms with van der Waals surface area (Å²) in [6, 6.07) is 13.7. The van der Waals surface area contributed by atoms with Crippen LogP contribution < -0.4 is 9.04 Å². The van der Waals surface area contributed by atoms with Crippen LogP contribution in [0.25, 0.3) is 0 Å². The number of methoxy groups -OCH3 is 1. The van der Waals surface area contributed by atoms with Gasteiger partial charge in [-0.2, -0.15) is 0 Å². The lowest BCUT2D eigenvalue weighted by Gasteiger charge is -2.24. The first kappa shape index (κ1) is 17.6. The highest BCUT2D eigenvalue weighted by molar-refractivity contribution is 9.10. The van der Waals surface area contributed by atoms with Crippen LogP contribution in [0.3, 0.4) is 0 Å². The summed E-state index contributed by atoms with van der Waals surface area (Å²) in [7, 11) is -2.11. The van der Waals surface area contributed by atoms with Crippen LogP contribution in [0, 0.1) is 0 Å². The highest BCUT2D eigenvalue weighted by Gasteiger charge is 2.26. The summed E-state index contributed by atoms with van der Waals surface area (Å²) >= 11 is 3.32. The lowest BCUT2D eigenvalue weighted by molar-refractivity contribution is 0.415. The molecule has 4 nitrogen and oxygen atoms in total. The largest absolute Gasteiger partial charge is 0.497 e. The van der Waals surface area contributed by atoms with Crippen LogP contribution in [-0.4, -0.2) is 22.1 Å². The molecule has 0 fully saturated rings. The first-order valence-corrected chi connectivity index (χ1v) is 9.26. The van der Waals surface area contributed by atoms with Crippen molar-refractivity contribution in [2.75, 3.05) is 18.0 Å². The van der Waals surface area contributed by atoms with E-state index in [-0.39, 0.29) is 4.90 Å². The Hall–Kier alpha value is -1.79. The van der Waals surface area contributed by atoms with Gasteiger partial charge in [0.25, 0.3) is 10.0 Å². The van der Waals surface area contributed by atoms with E-state index in [9.17, 15) is 8.42 Å². The molecule has 0 amide bonds. The molecule has 0 aliphatic rings. The summed E-state index contributed by atoms with van der Waals surface area (Å²) in [5.74, 6) is 0.677. The van der Waals surface area contributed by atoms with E-state index in [2.05, 4.69) is 22.5 Å². The second kappa shape index (κ2) is 7.66. The minimum absolute atomic E-state index is 0.236. The minimum atomic E-state index is -3.68. The van der Waals surface area contributed by atoms with Crippen LogP contribution in [0.4, 0.5) is 5.69 Å². The molecule has 0 aromatic heterocycles. The lowest BCUT2D eigenvalue weighted by Crippen LogP contribution is -2.32. The third-order valence-corrected chi connectivity index (χ3v) is 6.14. The second-order valence-corrected chi connectivity index (χ2v) is 7.47. The molecular formula is C17H18BrNO3S. The van der Waals surface area contributed by atoms with Gasteiger partial charge in [0.1, 0.15) is 10.6 Å². The summed E-state index contributed by atoms with van der Waals surface area (Å²) in [4.78, 5) is 0.236. The Bertz CT molecular complexity index is 773. The number of sulfonamides is 1. The Morgan fingerprint density at radius 2 is 1.83 bits per heavy atom. The maximum Gasteiger partial charge on any atom is 0.265 e. The molecular weight excluding hydrogens is 378 g/mol. The maximum atomic E-state index is 13.0. The zero-order valence-corrected chi connectivity index (χ0v) is 15.2. The molecule has 2 rings (SSSR count). The third-order valence-electron chi connectivity index (χ3n) is 3.30. The Kier molecular flexibility index (Phi) is 5.85. The number of hydrogen-bond donors (Lipinski definition) is 0. The SMILES string of the molecule is C=CCCN(c1ccc(OC)cc1)S(=O)(=O)c1ccccc1Br. The van der Waals surface area contributed by atoms with Crippen molar-refractivity contribution >= 4 is 31.6 Å². The number of nitrogens with zero attached hydrogens (tertiary/aromatic N) is 1. The van der Waals surface area contributed by atoms with E-state index >= 15 is 0 Å². The van der Waals surface area contributed by atoms with Gasteiger partial charge in [-0.15, -0.1) is 6.58 Å². The highest BCUT2D eigenvalue weighted by Crippen LogP contribution is 2.29. The fourth-order valence-corrected chi connectivity index (χ4v) is 4.56. The van der Waals surface area contributed by atoms with Gasteiger partial charge < -0.3 is 4.74 Å². The van der Waals surface area contributed by atoms with Gasteiger partial charge in [-0.25, -0.2) is 8.42 Å². The van der Waals surface area contributed by atoms with Crippen molar-refractivity contribution in [1.29, 1.82) is 0 Å². The third kappa shape index (κ3) is 3.95. The van der Waals surface area contributed by atoms with Gasteiger partial charge in [0.15, 0.2) is 0 Å². The number of benzene rings is 2. The standard InChI is InChI=1S/C17H18BrNO3S/c1-3-4-13-19(14-9-11-15(22-2)12-10-14)23(20,21)17-8-6-5-7-16(17)18/h3,5-12H,1,4,13H2,2H3. The van der Waals surface area contributed by atoms with Gasteiger partial charge in [-0.3, -0.25) is 4.31 Å². The van der Waals surface area contributed by atoms with Crippen molar-refractivity contribution in [3.63, 3.8) is 0 Å². The Labute approximate surface area is 145 Å². The average molecular weight is 396 g/mol. The summed E-state index contributed by atoms with van der Waals surface area (Å²) in [6.07, 6.45) is 2.25. The van der Waals surface area contributed by atoms with E-state index in [0.717, 1.165) is 0 Å². The minimum Gasteiger partial charge on any atom is -0.497 e. The van der Waals surface area contributed by atoms with Crippen LogP contribution in [0.1, 0.15) is 6.42 Å². The molecule has 0 saturated carbocycles. The van der Waals surface area contributed by atoms with E-state index < -0.39 is 10.0 Å². The molecule has 122 valence electrons. The number of anilines is 1. The monoisotopic (exact) mass is 395 g/mol. The van der Waals surface area contributed by atoms with Crippen molar-refractivity contribution < 1.29 is 13.2 Å². The number of ether oxygens (including phenoxy) is 1. The van der Waals surface area contributed by atoms with E-state index in [1.807, 2.05) is 0 Å². The average Bonchev–Trinajstić information content (AvgIpc) is 2.56. The number of halogens is 1. The summed E-state index contributed by atoms with van der Waals surface area (Å²) in [6.45, 7) is 3.99. The number of hydrogen-bond acceptors (Lipinski definition) is 3. The molecule has 0 spiro atoms. The Morgan fingerprint density at radius 3 is 2.39 bits per heavy atom. The van der Waals surface area contributed by atoms with Gasteiger partial charge in [0, 0.05) is 11.0 Å². The zero-order valence-electron chi connectivity index (χ0n) is 12.8. The van der Waals surface area contributed by atoms with Crippen LogP contribution in [0.15, 0.2) is 70.6 Å². The van der Waals surface area contributed by atoms with Crippen LogP contribution in [-0.2, 0) is 10.0 Å². The fraction of sp³-hybridized carbons (Fsp3) is 0.176. The summed E-state index contributed by atoms with van der Waals surface area (Å²) in [5.41, 5.74) is 0.586. The van der Waals surface area contributed by atoms with Gasteiger partial charge >= 0.3 is 0 Å². The van der Waals surface area contributed by atoms with E-state index in [0.29, 0.717) is 28.9 Å². The predicted octanol–water partition coefficient (Wildman–Crippen LogP) is 4.23. The van der Waals surface area contributed by atoms with Gasteiger partial charge in [0.2, 0.25) is 0 Å². The molecule has 0 aliphatic carbocycles. The molecule has 0 heterocycles. The van der Waals surface area contributed by atoms with Crippen molar-refractivity contribution in [3.8, 4) is 5.75 Å². The Balaban J connectivity index is 2.48. The van der Waals surface area contributed by atoms with Crippen molar-refractivity contribution in [2.45, 2.75) is 11.3 Å². The molecule has 0 bridgehead atoms. The molecule has 0 unspecified atom stereocenters. The van der Waals surface area contributed by atoms with Crippen molar-refractivity contribution in [1.82, 2.24) is 0 Å².